The topological polar surface area (TPSA) is 0 Å². The molecule has 0 unspecified atom stereocenters. The molecule has 0 spiro atoms. The molecule has 0 aliphatic heterocycles. The van der Waals surface area contributed by atoms with Crippen LogP contribution in [-0.4, -0.2) is 0 Å². The Morgan fingerprint density at radius 2 is 1.11 bits per heavy atom. The summed E-state index contributed by atoms with van der Waals surface area (Å²) in [6.07, 6.45) is 2.26. The number of hydrogen-bond acceptors (Lipinski definition) is 0. The van der Waals surface area contributed by atoms with Crippen LogP contribution in [-0.2, 0) is 0 Å². The normalized spacial score (nSPS) is 14.7. The van der Waals surface area contributed by atoms with E-state index in [9.17, 15) is 0 Å². The summed E-state index contributed by atoms with van der Waals surface area (Å²) in [7, 11) is 0. The van der Waals surface area contributed by atoms with Gasteiger partial charge in [0.25, 0.3) is 0 Å². The first-order valence-corrected chi connectivity index (χ1v) is 7.12. The van der Waals surface area contributed by atoms with E-state index in [1.54, 1.807) is 0 Å². The van der Waals surface area contributed by atoms with Gasteiger partial charge in [-0.15, -0.1) is 0 Å². The van der Waals surface area contributed by atoms with Crippen molar-refractivity contribution in [3.63, 3.8) is 0 Å². The Morgan fingerprint density at radius 1 is 0.722 bits per heavy atom. The molecule has 0 atom stereocenters. The fourth-order valence-electron chi connectivity index (χ4n) is 2.73. The van der Waals surface area contributed by atoms with Crippen molar-refractivity contribution in [2.24, 2.45) is 16.2 Å². The molecule has 0 saturated carbocycles. The highest BCUT2D eigenvalue weighted by Crippen LogP contribution is 2.57. The fourth-order valence-corrected chi connectivity index (χ4v) is 2.73. The second-order valence-corrected chi connectivity index (χ2v) is 7.47. The van der Waals surface area contributed by atoms with Crippen molar-refractivity contribution >= 4 is 0 Å². The van der Waals surface area contributed by atoms with Crippen molar-refractivity contribution in [1.82, 2.24) is 0 Å². The lowest BCUT2D eigenvalue weighted by molar-refractivity contribution is 0.0297. The van der Waals surface area contributed by atoms with E-state index in [4.69, 9.17) is 0 Å². The first-order valence-electron chi connectivity index (χ1n) is 7.12. The molecule has 0 heterocycles. The summed E-state index contributed by atoms with van der Waals surface area (Å²) in [6.45, 7) is 25.5. The minimum absolute atomic E-state index is 0.180. The summed E-state index contributed by atoms with van der Waals surface area (Å²) in [5, 5.41) is 0. The van der Waals surface area contributed by atoms with Crippen LogP contribution >= 0.6 is 0 Å². The summed E-state index contributed by atoms with van der Waals surface area (Å²) in [6, 6.07) is 0. The zero-order chi connectivity index (χ0) is 14.9. The van der Waals surface area contributed by atoms with Gasteiger partial charge >= 0.3 is 0 Å². The molecule has 0 amide bonds. The Hall–Kier alpha value is -0.520. The van der Waals surface area contributed by atoms with Crippen LogP contribution in [0.1, 0.15) is 76.2 Å². The summed E-state index contributed by atoms with van der Waals surface area (Å²) < 4.78 is 0. The fraction of sp³-hybridized carbons (Fsp3) is 0.778. The summed E-state index contributed by atoms with van der Waals surface area (Å²) in [5.41, 5.74) is 4.99. The Labute approximate surface area is 116 Å². The molecular weight excluding hydrogens is 216 g/mol. The minimum Gasteiger partial charge on any atom is -0.0882 e. The van der Waals surface area contributed by atoms with E-state index in [-0.39, 0.29) is 16.2 Å². The van der Waals surface area contributed by atoms with Gasteiger partial charge in [0.15, 0.2) is 0 Å². The molecular formula is C18H34. The largest absolute Gasteiger partial charge is 0.0882 e. The van der Waals surface area contributed by atoms with E-state index in [1.165, 1.54) is 16.7 Å². The third-order valence-electron chi connectivity index (χ3n) is 6.23. The van der Waals surface area contributed by atoms with Gasteiger partial charge in [-0.3, -0.25) is 0 Å². The molecule has 0 rings (SSSR count). The predicted octanol–water partition coefficient (Wildman–Crippen LogP) is 6.39. The molecule has 0 fully saturated rings. The van der Waals surface area contributed by atoms with Crippen LogP contribution in [0.25, 0.3) is 0 Å². The van der Waals surface area contributed by atoms with E-state index >= 15 is 0 Å². The maximum atomic E-state index is 2.41. The number of hydrogen-bond donors (Lipinski definition) is 0. The first-order chi connectivity index (χ1) is 7.84. The molecule has 0 aromatic heterocycles. The number of allylic oxidation sites excluding steroid dienone is 4. The van der Waals surface area contributed by atoms with Crippen LogP contribution in [0.3, 0.4) is 0 Å². The first kappa shape index (κ1) is 17.5. The van der Waals surface area contributed by atoms with Crippen LogP contribution in [0, 0.1) is 16.2 Å². The van der Waals surface area contributed by atoms with Crippen LogP contribution in [0.2, 0.25) is 0 Å². The van der Waals surface area contributed by atoms with Crippen molar-refractivity contribution in [3.8, 4) is 0 Å². The van der Waals surface area contributed by atoms with Crippen molar-refractivity contribution in [3.05, 3.63) is 22.8 Å². The monoisotopic (exact) mass is 250 g/mol. The molecule has 18 heavy (non-hydrogen) atoms. The van der Waals surface area contributed by atoms with E-state index < -0.39 is 0 Å². The van der Waals surface area contributed by atoms with Crippen LogP contribution in [0.5, 0.6) is 0 Å². The molecule has 0 heteroatoms. The number of rotatable bonds is 4. The smallest absolute Gasteiger partial charge is 0.00857 e. The highest BCUT2D eigenvalue weighted by molar-refractivity contribution is 5.24. The Bertz CT molecular complexity index is 355. The molecule has 0 radical (unpaired) electrons. The highest BCUT2D eigenvalue weighted by Gasteiger charge is 2.49. The van der Waals surface area contributed by atoms with E-state index in [2.05, 4.69) is 82.2 Å². The lowest BCUT2D eigenvalue weighted by Crippen LogP contribution is -2.46. The zero-order valence-electron chi connectivity index (χ0n) is 14.6. The van der Waals surface area contributed by atoms with Crippen LogP contribution in [0.4, 0.5) is 0 Å². The van der Waals surface area contributed by atoms with Crippen molar-refractivity contribution in [2.45, 2.75) is 76.2 Å². The van der Waals surface area contributed by atoms with Crippen molar-refractivity contribution in [2.75, 3.05) is 0 Å². The van der Waals surface area contributed by atoms with Gasteiger partial charge in [0.2, 0.25) is 0 Å². The minimum atomic E-state index is 0.180. The van der Waals surface area contributed by atoms with Gasteiger partial charge in [-0.05, 0) is 50.9 Å². The predicted molar refractivity (Wildman–Crippen MR) is 84.8 cm³/mol. The van der Waals surface area contributed by atoms with Gasteiger partial charge in [-0.2, -0.15) is 0 Å². The SMILES string of the molecule is C/C=C(\C)C(C)(C)C(C)(C)C(C)(C)C(C)=C(C)C. The molecule has 0 nitrogen and oxygen atoms in total. The van der Waals surface area contributed by atoms with E-state index in [0.29, 0.717) is 0 Å². The average Bonchev–Trinajstić information content (AvgIpc) is 2.25. The van der Waals surface area contributed by atoms with Gasteiger partial charge < -0.3 is 0 Å². The van der Waals surface area contributed by atoms with Gasteiger partial charge in [-0.25, -0.2) is 0 Å². The summed E-state index contributed by atoms with van der Waals surface area (Å²) in [5.74, 6) is 0. The molecule has 106 valence electrons. The van der Waals surface area contributed by atoms with Crippen molar-refractivity contribution in [1.29, 1.82) is 0 Å². The standard InChI is InChI=1S/C18H34/c1-12-14(4)16(6,7)18(10,11)17(8,9)15(5)13(2)3/h12H,1-11H3/b14-12+. The second kappa shape index (κ2) is 5.23. The third kappa shape index (κ3) is 2.58. The quantitative estimate of drug-likeness (QED) is 0.507. The molecule has 0 aromatic rings. The molecule has 0 aliphatic carbocycles. The molecule has 0 saturated heterocycles. The van der Waals surface area contributed by atoms with Crippen molar-refractivity contribution < 1.29 is 0 Å². The van der Waals surface area contributed by atoms with Gasteiger partial charge in [0.05, 0.1) is 0 Å². The lowest BCUT2D eigenvalue weighted by atomic mass is 9.50. The van der Waals surface area contributed by atoms with Gasteiger partial charge in [-0.1, -0.05) is 64.3 Å². The second-order valence-electron chi connectivity index (χ2n) is 7.47. The lowest BCUT2D eigenvalue weighted by Gasteiger charge is -2.54. The molecule has 0 aliphatic rings. The third-order valence-corrected chi connectivity index (χ3v) is 6.23. The highest BCUT2D eigenvalue weighted by atomic mass is 14.5. The summed E-state index contributed by atoms with van der Waals surface area (Å²) in [4.78, 5) is 0. The summed E-state index contributed by atoms with van der Waals surface area (Å²) >= 11 is 0. The maximum absolute atomic E-state index is 2.41. The van der Waals surface area contributed by atoms with Crippen LogP contribution < -0.4 is 0 Å². The van der Waals surface area contributed by atoms with Gasteiger partial charge in [0.1, 0.15) is 0 Å². The Kier molecular flexibility index (Phi) is 5.08. The maximum Gasteiger partial charge on any atom is -0.00857 e. The molecule has 0 aromatic carbocycles. The van der Waals surface area contributed by atoms with E-state index in [0.717, 1.165) is 0 Å². The Balaban J connectivity index is 5.87. The Morgan fingerprint density at radius 3 is 1.39 bits per heavy atom. The van der Waals surface area contributed by atoms with E-state index in [1.807, 2.05) is 0 Å². The molecule has 0 bridgehead atoms. The average molecular weight is 250 g/mol. The van der Waals surface area contributed by atoms with Gasteiger partial charge in [0, 0.05) is 0 Å². The van der Waals surface area contributed by atoms with Crippen LogP contribution in [0.15, 0.2) is 22.8 Å². The zero-order valence-corrected chi connectivity index (χ0v) is 14.6. The molecule has 0 N–H and O–H groups in total.